The van der Waals surface area contributed by atoms with Gasteiger partial charge in [0.2, 0.25) is 0 Å². The zero-order valence-electron chi connectivity index (χ0n) is 13.5. The van der Waals surface area contributed by atoms with Gasteiger partial charge in [0.25, 0.3) is 0 Å². The van der Waals surface area contributed by atoms with Gasteiger partial charge in [0, 0.05) is 0 Å². The first-order valence-corrected chi connectivity index (χ1v) is 7.27. The lowest BCUT2D eigenvalue weighted by Crippen LogP contribution is -2.12. The zero-order valence-corrected chi connectivity index (χ0v) is 13.5. The van der Waals surface area contributed by atoms with E-state index in [0.29, 0.717) is 5.75 Å². The second kappa shape index (κ2) is 5.80. The molecule has 0 aliphatic heterocycles. The van der Waals surface area contributed by atoms with E-state index in [1.165, 1.54) is 11.1 Å². The molecule has 0 heterocycles. The molecule has 0 radical (unpaired) electrons. The van der Waals surface area contributed by atoms with Gasteiger partial charge in [-0.3, -0.25) is 0 Å². The number of aromatic hydroxyl groups is 1. The molecule has 2 rings (SSSR count). The maximum absolute atomic E-state index is 10.2. The molecular formula is C19H24O2. The van der Waals surface area contributed by atoms with Crippen molar-refractivity contribution in [1.82, 2.24) is 0 Å². The van der Waals surface area contributed by atoms with Gasteiger partial charge in [-0.2, -0.15) is 0 Å². The first kappa shape index (κ1) is 15.4. The number of hydrogen-bond donors (Lipinski definition) is 1. The van der Waals surface area contributed by atoms with Crippen molar-refractivity contribution in [1.29, 1.82) is 0 Å². The molecule has 2 aromatic carbocycles. The van der Waals surface area contributed by atoms with E-state index in [0.717, 1.165) is 23.3 Å². The lowest BCUT2D eigenvalue weighted by molar-refractivity contribution is 0.414. The maximum Gasteiger partial charge on any atom is 0.119 e. The fourth-order valence-corrected chi connectivity index (χ4v) is 2.49. The smallest absolute Gasteiger partial charge is 0.119 e. The van der Waals surface area contributed by atoms with Crippen molar-refractivity contribution in [2.45, 2.75) is 39.5 Å². The molecule has 0 fully saturated rings. The summed E-state index contributed by atoms with van der Waals surface area (Å²) in [6.07, 6.45) is 0.860. The Morgan fingerprint density at radius 3 is 2.19 bits per heavy atom. The summed E-state index contributed by atoms with van der Waals surface area (Å²) in [5.41, 5.74) is 4.55. The first-order chi connectivity index (χ1) is 9.81. The van der Waals surface area contributed by atoms with Gasteiger partial charge in [0.15, 0.2) is 0 Å². The summed E-state index contributed by atoms with van der Waals surface area (Å²) < 4.78 is 5.19. The minimum absolute atomic E-state index is 0.0631. The van der Waals surface area contributed by atoms with Crippen molar-refractivity contribution < 1.29 is 9.84 Å². The van der Waals surface area contributed by atoms with Gasteiger partial charge in [-0.05, 0) is 59.2 Å². The normalized spacial score (nSPS) is 11.5. The van der Waals surface area contributed by atoms with Crippen LogP contribution in [0.25, 0.3) is 0 Å². The van der Waals surface area contributed by atoms with Crippen LogP contribution in [0.15, 0.2) is 36.4 Å². The number of ether oxygens (including phenoxy) is 1. The molecule has 0 saturated carbocycles. The van der Waals surface area contributed by atoms with Crippen LogP contribution in [0.5, 0.6) is 11.5 Å². The monoisotopic (exact) mass is 284 g/mol. The fraction of sp³-hybridized carbons (Fsp3) is 0.368. The highest BCUT2D eigenvalue weighted by Gasteiger charge is 2.19. The number of benzene rings is 2. The highest BCUT2D eigenvalue weighted by atomic mass is 16.5. The van der Waals surface area contributed by atoms with E-state index < -0.39 is 0 Å². The molecule has 0 unspecified atom stereocenters. The van der Waals surface area contributed by atoms with E-state index >= 15 is 0 Å². The Labute approximate surface area is 127 Å². The number of aryl methyl sites for hydroxylation is 1. The third kappa shape index (κ3) is 3.57. The summed E-state index contributed by atoms with van der Waals surface area (Å²) in [6, 6.07) is 12.1. The molecule has 2 heteroatoms. The van der Waals surface area contributed by atoms with Gasteiger partial charge in [-0.1, -0.05) is 39.0 Å². The molecule has 0 spiro atoms. The molecule has 1 N–H and O–H groups in total. The SMILES string of the molecule is COc1ccc(Cc2cc(C(C)(C)C)c(O)cc2C)cc1. The van der Waals surface area contributed by atoms with Crippen molar-refractivity contribution in [2.75, 3.05) is 7.11 Å². The van der Waals surface area contributed by atoms with Gasteiger partial charge in [-0.25, -0.2) is 0 Å². The Balaban J connectivity index is 2.34. The number of phenols is 1. The van der Waals surface area contributed by atoms with Gasteiger partial charge < -0.3 is 9.84 Å². The van der Waals surface area contributed by atoms with Crippen LogP contribution in [0.4, 0.5) is 0 Å². The van der Waals surface area contributed by atoms with Crippen LogP contribution in [0.2, 0.25) is 0 Å². The Morgan fingerprint density at radius 2 is 1.67 bits per heavy atom. The predicted octanol–water partition coefficient (Wildman–Crippen LogP) is 4.60. The Morgan fingerprint density at radius 1 is 1.05 bits per heavy atom. The van der Waals surface area contributed by atoms with E-state index in [1.54, 1.807) is 7.11 Å². The Bertz CT molecular complexity index is 619. The molecule has 112 valence electrons. The van der Waals surface area contributed by atoms with Crippen LogP contribution in [0, 0.1) is 6.92 Å². The van der Waals surface area contributed by atoms with Crippen LogP contribution in [-0.2, 0) is 11.8 Å². The molecule has 0 atom stereocenters. The molecular weight excluding hydrogens is 260 g/mol. The average Bonchev–Trinajstić information content (AvgIpc) is 2.41. The van der Waals surface area contributed by atoms with Gasteiger partial charge in [0.1, 0.15) is 11.5 Å². The standard InChI is InChI=1S/C19H24O2/c1-13-10-18(20)17(19(2,3)4)12-15(13)11-14-6-8-16(21-5)9-7-14/h6-10,12,20H,11H2,1-5H3. The average molecular weight is 284 g/mol. The molecule has 21 heavy (non-hydrogen) atoms. The molecule has 0 aliphatic carbocycles. The summed E-state index contributed by atoms with van der Waals surface area (Å²) in [7, 11) is 1.68. The molecule has 0 aromatic heterocycles. The van der Waals surface area contributed by atoms with Gasteiger partial charge >= 0.3 is 0 Å². The van der Waals surface area contributed by atoms with Gasteiger partial charge in [0.05, 0.1) is 7.11 Å². The third-order valence-electron chi connectivity index (χ3n) is 3.82. The van der Waals surface area contributed by atoms with E-state index in [1.807, 2.05) is 25.1 Å². The Hall–Kier alpha value is -1.96. The largest absolute Gasteiger partial charge is 0.508 e. The lowest BCUT2D eigenvalue weighted by atomic mass is 9.83. The molecule has 0 bridgehead atoms. The topological polar surface area (TPSA) is 29.5 Å². The van der Waals surface area contributed by atoms with Crippen LogP contribution >= 0.6 is 0 Å². The quantitative estimate of drug-likeness (QED) is 0.892. The van der Waals surface area contributed by atoms with Crippen LogP contribution in [-0.4, -0.2) is 12.2 Å². The summed E-state index contributed by atoms with van der Waals surface area (Å²) in [6.45, 7) is 8.41. The molecule has 2 aromatic rings. The summed E-state index contributed by atoms with van der Waals surface area (Å²) in [5.74, 6) is 1.26. The highest BCUT2D eigenvalue weighted by Crippen LogP contribution is 2.33. The first-order valence-electron chi connectivity index (χ1n) is 7.27. The summed E-state index contributed by atoms with van der Waals surface area (Å²) in [4.78, 5) is 0. The minimum Gasteiger partial charge on any atom is -0.508 e. The molecule has 0 aliphatic rings. The van der Waals surface area contributed by atoms with Crippen molar-refractivity contribution >= 4 is 0 Å². The number of rotatable bonds is 3. The van der Waals surface area contributed by atoms with Crippen molar-refractivity contribution in [2.24, 2.45) is 0 Å². The number of phenolic OH excluding ortho intramolecular Hbond substituents is 1. The molecule has 0 saturated heterocycles. The van der Waals surface area contributed by atoms with E-state index in [-0.39, 0.29) is 5.41 Å². The van der Waals surface area contributed by atoms with Crippen molar-refractivity contribution in [3.05, 3.63) is 58.7 Å². The Kier molecular flexibility index (Phi) is 4.26. The molecule has 2 nitrogen and oxygen atoms in total. The lowest BCUT2D eigenvalue weighted by Gasteiger charge is -2.22. The van der Waals surface area contributed by atoms with Crippen molar-refractivity contribution in [3.8, 4) is 11.5 Å². The van der Waals surface area contributed by atoms with Crippen LogP contribution in [0.1, 0.15) is 43.0 Å². The fourth-order valence-electron chi connectivity index (χ4n) is 2.49. The highest BCUT2D eigenvalue weighted by molar-refractivity contribution is 5.46. The molecule has 0 amide bonds. The summed E-state index contributed by atoms with van der Waals surface area (Å²) >= 11 is 0. The number of hydrogen-bond acceptors (Lipinski definition) is 2. The second-order valence-corrected chi connectivity index (χ2v) is 6.57. The maximum atomic E-state index is 10.2. The minimum atomic E-state index is -0.0631. The van der Waals surface area contributed by atoms with Crippen molar-refractivity contribution in [3.63, 3.8) is 0 Å². The van der Waals surface area contributed by atoms with E-state index in [2.05, 4.69) is 39.0 Å². The summed E-state index contributed by atoms with van der Waals surface area (Å²) in [5, 5.41) is 10.2. The second-order valence-electron chi connectivity index (χ2n) is 6.57. The third-order valence-corrected chi connectivity index (χ3v) is 3.82. The van der Waals surface area contributed by atoms with E-state index in [9.17, 15) is 5.11 Å². The van der Waals surface area contributed by atoms with Crippen LogP contribution < -0.4 is 4.74 Å². The predicted molar refractivity (Wildman–Crippen MR) is 87.3 cm³/mol. The van der Waals surface area contributed by atoms with E-state index in [4.69, 9.17) is 4.74 Å². The number of methoxy groups -OCH3 is 1. The van der Waals surface area contributed by atoms with Gasteiger partial charge in [-0.15, -0.1) is 0 Å². The zero-order chi connectivity index (χ0) is 15.6. The van der Waals surface area contributed by atoms with Crippen LogP contribution in [0.3, 0.4) is 0 Å².